The van der Waals surface area contributed by atoms with Crippen LogP contribution in [0.4, 0.5) is 11.4 Å². The van der Waals surface area contributed by atoms with Gasteiger partial charge in [-0.05, 0) is 19.1 Å². The summed E-state index contributed by atoms with van der Waals surface area (Å²) in [6.07, 6.45) is 6.19. The number of terminal acetylenes is 1. The Bertz CT molecular complexity index is 477. The smallest absolute Gasteiger partial charge is 0.293 e. The number of nitrogens with zero attached hydrogens (tertiary/aromatic N) is 1. The van der Waals surface area contributed by atoms with Crippen LogP contribution in [0.15, 0.2) is 18.2 Å². The van der Waals surface area contributed by atoms with Gasteiger partial charge in [-0.15, -0.1) is 12.3 Å². The molecule has 5 nitrogen and oxygen atoms in total. The lowest BCUT2D eigenvalue weighted by atomic mass is 10.1. The van der Waals surface area contributed by atoms with Crippen LogP contribution in [-0.2, 0) is 0 Å². The molecule has 0 aliphatic rings. The number of aldehydes is 1. The third-order valence-corrected chi connectivity index (χ3v) is 2.18. The maximum atomic E-state index is 10.8. The summed E-state index contributed by atoms with van der Waals surface area (Å²) >= 11 is 0. The summed E-state index contributed by atoms with van der Waals surface area (Å²) in [6, 6.07) is 4.19. The van der Waals surface area contributed by atoms with E-state index in [9.17, 15) is 14.9 Å². The minimum atomic E-state index is -0.530. The number of hydrogen-bond acceptors (Lipinski definition) is 4. The van der Waals surface area contributed by atoms with Gasteiger partial charge in [0.2, 0.25) is 0 Å². The molecule has 0 bridgehead atoms. The molecule has 0 saturated heterocycles. The van der Waals surface area contributed by atoms with Gasteiger partial charge in [0.05, 0.1) is 4.92 Å². The summed E-state index contributed by atoms with van der Waals surface area (Å²) in [4.78, 5) is 20.9. The van der Waals surface area contributed by atoms with Crippen molar-refractivity contribution in [3.8, 4) is 12.3 Å². The Labute approximate surface area is 99.0 Å². The van der Waals surface area contributed by atoms with Crippen LogP contribution < -0.4 is 5.32 Å². The zero-order chi connectivity index (χ0) is 12.8. The summed E-state index contributed by atoms with van der Waals surface area (Å²) in [5.74, 6) is 2.47. The highest BCUT2D eigenvalue weighted by atomic mass is 16.6. The Morgan fingerprint density at radius 2 is 2.35 bits per heavy atom. The van der Waals surface area contributed by atoms with Gasteiger partial charge in [0.1, 0.15) is 12.0 Å². The molecular formula is C12H12N2O3. The highest BCUT2D eigenvalue weighted by Gasteiger charge is 2.15. The third kappa shape index (κ3) is 3.31. The normalized spacial score (nSPS) is 11.3. The molecule has 1 aromatic carbocycles. The molecule has 1 unspecified atom stereocenters. The lowest BCUT2D eigenvalue weighted by molar-refractivity contribution is -0.384. The predicted octanol–water partition coefficient (Wildman–Crippen LogP) is 2.23. The molecule has 1 rings (SSSR count). The Hall–Kier alpha value is -2.35. The molecule has 0 aliphatic carbocycles. The molecule has 1 N–H and O–H groups in total. The number of nitro benzene ring substituents is 1. The van der Waals surface area contributed by atoms with E-state index in [4.69, 9.17) is 6.42 Å². The molecule has 0 heterocycles. The van der Waals surface area contributed by atoms with E-state index in [0.717, 1.165) is 0 Å². The largest absolute Gasteiger partial charge is 0.376 e. The Kier molecular flexibility index (Phi) is 4.23. The standard InChI is InChI=1S/C12H12N2O3/c1-3-4-9(2)13-11-6-5-10(8-15)7-12(11)14(16)17/h1,5-9,13H,4H2,2H3. The van der Waals surface area contributed by atoms with Gasteiger partial charge >= 0.3 is 0 Å². The number of rotatable bonds is 5. The summed E-state index contributed by atoms with van der Waals surface area (Å²) in [5.41, 5.74) is 0.508. The molecule has 17 heavy (non-hydrogen) atoms. The van der Waals surface area contributed by atoms with E-state index in [1.807, 2.05) is 6.92 Å². The minimum Gasteiger partial charge on any atom is -0.376 e. The topological polar surface area (TPSA) is 72.2 Å². The molecule has 0 aromatic heterocycles. The lowest BCUT2D eigenvalue weighted by Crippen LogP contribution is -2.15. The zero-order valence-corrected chi connectivity index (χ0v) is 9.34. The van der Waals surface area contributed by atoms with Gasteiger partial charge in [0, 0.05) is 24.1 Å². The number of carbonyl (C=O) groups excluding carboxylic acids is 1. The number of nitro groups is 1. The molecule has 0 amide bonds. The van der Waals surface area contributed by atoms with Crippen LogP contribution in [0.5, 0.6) is 0 Å². The first-order chi connectivity index (χ1) is 8.08. The summed E-state index contributed by atoms with van der Waals surface area (Å²) in [6.45, 7) is 1.83. The Morgan fingerprint density at radius 3 is 2.88 bits per heavy atom. The van der Waals surface area contributed by atoms with Crippen molar-refractivity contribution in [3.63, 3.8) is 0 Å². The van der Waals surface area contributed by atoms with Gasteiger partial charge in [-0.3, -0.25) is 14.9 Å². The molecule has 0 saturated carbocycles. The van der Waals surface area contributed by atoms with E-state index in [2.05, 4.69) is 11.2 Å². The first-order valence-electron chi connectivity index (χ1n) is 5.02. The molecule has 88 valence electrons. The first kappa shape index (κ1) is 12.7. The van der Waals surface area contributed by atoms with Crippen molar-refractivity contribution in [3.05, 3.63) is 33.9 Å². The van der Waals surface area contributed by atoms with Crippen molar-refractivity contribution in [1.82, 2.24) is 0 Å². The fraction of sp³-hybridized carbons (Fsp3) is 0.250. The van der Waals surface area contributed by atoms with Crippen molar-refractivity contribution < 1.29 is 9.72 Å². The average molecular weight is 232 g/mol. The second-order valence-corrected chi connectivity index (χ2v) is 3.61. The summed E-state index contributed by atoms with van der Waals surface area (Å²) < 4.78 is 0. The van der Waals surface area contributed by atoms with Crippen molar-refractivity contribution >= 4 is 17.7 Å². The van der Waals surface area contributed by atoms with E-state index in [1.54, 1.807) is 0 Å². The number of hydrogen-bond donors (Lipinski definition) is 1. The van der Waals surface area contributed by atoms with Gasteiger partial charge in [-0.25, -0.2) is 0 Å². The number of carbonyl (C=O) groups is 1. The Morgan fingerprint density at radius 1 is 1.65 bits per heavy atom. The maximum Gasteiger partial charge on any atom is 0.293 e. The fourth-order valence-electron chi connectivity index (χ4n) is 1.39. The molecule has 1 aromatic rings. The van der Waals surface area contributed by atoms with Crippen LogP contribution in [0.3, 0.4) is 0 Å². The van der Waals surface area contributed by atoms with Crippen LogP contribution >= 0.6 is 0 Å². The quantitative estimate of drug-likeness (QED) is 0.365. The van der Waals surface area contributed by atoms with Crippen LogP contribution in [-0.4, -0.2) is 17.3 Å². The Balaban J connectivity index is 3.03. The molecule has 1 atom stereocenters. The number of benzene rings is 1. The molecule has 0 aliphatic heterocycles. The van der Waals surface area contributed by atoms with E-state index in [1.165, 1.54) is 18.2 Å². The third-order valence-electron chi connectivity index (χ3n) is 2.18. The van der Waals surface area contributed by atoms with Crippen LogP contribution in [0, 0.1) is 22.5 Å². The zero-order valence-electron chi connectivity index (χ0n) is 9.34. The van der Waals surface area contributed by atoms with Gasteiger partial charge < -0.3 is 5.32 Å². The molecule has 0 fully saturated rings. The predicted molar refractivity (Wildman–Crippen MR) is 65.0 cm³/mol. The SMILES string of the molecule is C#CCC(C)Nc1ccc(C=O)cc1[N+](=O)[O-]. The maximum absolute atomic E-state index is 10.8. The average Bonchev–Trinajstić information content (AvgIpc) is 2.29. The van der Waals surface area contributed by atoms with Gasteiger partial charge in [0.25, 0.3) is 5.69 Å². The van der Waals surface area contributed by atoms with Gasteiger partial charge in [-0.2, -0.15) is 0 Å². The van der Waals surface area contributed by atoms with E-state index in [-0.39, 0.29) is 17.3 Å². The monoisotopic (exact) mass is 232 g/mol. The highest BCUT2D eigenvalue weighted by Crippen LogP contribution is 2.25. The second kappa shape index (κ2) is 5.66. The van der Waals surface area contributed by atoms with Crippen molar-refractivity contribution in [2.75, 3.05) is 5.32 Å². The van der Waals surface area contributed by atoms with E-state index in [0.29, 0.717) is 18.4 Å². The van der Waals surface area contributed by atoms with Crippen molar-refractivity contribution in [2.24, 2.45) is 0 Å². The highest BCUT2D eigenvalue weighted by molar-refractivity contribution is 5.79. The molecule has 5 heteroatoms. The van der Waals surface area contributed by atoms with Crippen LogP contribution in [0.1, 0.15) is 23.7 Å². The van der Waals surface area contributed by atoms with Crippen molar-refractivity contribution in [2.45, 2.75) is 19.4 Å². The van der Waals surface area contributed by atoms with Crippen LogP contribution in [0.2, 0.25) is 0 Å². The number of nitrogens with one attached hydrogen (secondary N) is 1. The summed E-state index contributed by atoms with van der Waals surface area (Å²) in [7, 11) is 0. The lowest BCUT2D eigenvalue weighted by Gasteiger charge is -2.12. The van der Waals surface area contributed by atoms with Crippen molar-refractivity contribution in [1.29, 1.82) is 0 Å². The molecule has 0 radical (unpaired) electrons. The summed E-state index contributed by atoms with van der Waals surface area (Å²) in [5, 5.41) is 13.8. The van der Waals surface area contributed by atoms with Gasteiger partial charge in [-0.1, -0.05) is 0 Å². The first-order valence-corrected chi connectivity index (χ1v) is 5.02. The van der Waals surface area contributed by atoms with E-state index < -0.39 is 4.92 Å². The van der Waals surface area contributed by atoms with Crippen LogP contribution in [0.25, 0.3) is 0 Å². The van der Waals surface area contributed by atoms with E-state index >= 15 is 0 Å². The molecular weight excluding hydrogens is 220 g/mol. The molecule has 0 spiro atoms. The second-order valence-electron chi connectivity index (χ2n) is 3.61. The fourth-order valence-corrected chi connectivity index (χ4v) is 1.39. The van der Waals surface area contributed by atoms with Gasteiger partial charge in [0.15, 0.2) is 0 Å². The minimum absolute atomic E-state index is 0.0687. The number of anilines is 1.